The van der Waals surface area contributed by atoms with Crippen molar-refractivity contribution in [2.24, 2.45) is 23.7 Å². The van der Waals surface area contributed by atoms with Crippen LogP contribution in [-0.4, -0.2) is 11.4 Å². The molecule has 182 valence electrons. The molecule has 0 amide bonds. The van der Waals surface area contributed by atoms with Crippen molar-refractivity contribution in [2.75, 3.05) is 0 Å². The topological polar surface area (TPSA) is 26.3 Å². The smallest absolute Gasteiger partial charge is 0.189 e. The molecular formula is C31H46O2. The number of hydrogen-bond donors (Lipinski definition) is 0. The van der Waals surface area contributed by atoms with Crippen molar-refractivity contribution in [1.82, 2.24) is 0 Å². The summed E-state index contributed by atoms with van der Waals surface area (Å²) in [4.78, 5) is 12.7. The van der Waals surface area contributed by atoms with E-state index in [2.05, 4.69) is 53.3 Å². The molecule has 5 atom stereocenters. The summed E-state index contributed by atoms with van der Waals surface area (Å²) in [5.74, 6) is 2.49. The SMILES string of the molecule is C=C1C(=O)c2ccccc2C2OC(C)(CCC[C@H](C)CCC[C@H](C)CCCC(C)C)C=CC12. The van der Waals surface area contributed by atoms with Gasteiger partial charge in [-0.05, 0) is 43.1 Å². The summed E-state index contributed by atoms with van der Waals surface area (Å²) in [5.41, 5.74) is 2.16. The van der Waals surface area contributed by atoms with Crippen molar-refractivity contribution < 1.29 is 9.53 Å². The van der Waals surface area contributed by atoms with Gasteiger partial charge in [0.1, 0.15) is 0 Å². The predicted octanol–water partition coefficient (Wildman–Crippen LogP) is 8.88. The van der Waals surface area contributed by atoms with E-state index in [0.29, 0.717) is 5.57 Å². The van der Waals surface area contributed by atoms with Gasteiger partial charge in [-0.15, -0.1) is 0 Å². The number of carbonyl (C=O) groups excluding carboxylic acids is 1. The van der Waals surface area contributed by atoms with Crippen LogP contribution in [0.3, 0.4) is 0 Å². The maximum absolute atomic E-state index is 12.7. The fourth-order valence-electron chi connectivity index (χ4n) is 5.56. The number of rotatable bonds is 12. The van der Waals surface area contributed by atoms with Crippen LogP contribution in [-0.2, 0) is 4.74 Å². The van der Waals surface area contributed by atoms with Crippen molar-refractivity contribution in [2.45, 2.75) is 104 Å². The van der Waals surface area contributed by atoms with Gasteiger partial charge in [0, 0.05) is 17.1 Å². The lowest BCUT2D eigenvalue weighted by Crippen LogP contribution is -2.39. The molecule has 1 aromatic rings. The Hall–Kier alpha value is -1.67. The molecule has 0 bridgehead atoms. The molecule has 2 heteroatoms. The standard InChI is InChI=1S/C31H46O2/c1-22(2)12-9-13-23(3)14-10-15-24(4)16-11-20-31(6)21-19-26-25(5)29(32)27-17-7-8-18-28(27)30(26)33-31/h7-8,17-19,21-24,26,30H,5,9-16,20H2,1-4,6H3/t23-,24-,26?,30?,31?/m1/s1. The van der Waals surface area contributed by atoms with Crippen molar-refractivity contribution in [3.8, 4) is 0 Å². The summed E-state index contributed by atoms with van der Waals surface area (Å²) < 4.78 is 6.67. The normalized spacial score (nSPS) is 26.2. The molecule has 3 rings (SSSR count). The number of carbonyl (C=O) groups is 1. The number of Topliss-reactive ketones (excluding diaryl/α,β-unsaturated/α-hetero) is 1. The Morgan fingerprint density at radius 1 is 0.939 bits per heavy atom. The molecule has 2 nitrogen and oxygen atoms in total. The lowest BCUT2D eigenvalue weighted by molar-refractivity contribution is -0.0840. The van der Waals surface area contributed by atoms with Crippen LogP contribution in [0.1, 0.15) is 114 Å². The average Bonchev–Trinajstić information content (AvgIpc) is 2.77. The zero-order valence-electron chi connectivity index (χ0n) is 21.7. The maximum Gasteiger partial charge on any atom is 0.189 e. The Labute approximate surface area is 202 Å². The van der Waals surface area contributed by atoms with Crippen LogP contribution in [0.15, 0.2) is 48.6 Å². The number of fused-ring (bicyclic) bond motifs is 3. The molecular weight excluding hydrogens is 404 g/mol. The fourth-order valence-corrected chi connectivity index (χ4v) is 5.56. The highest BCUT2D eigenvalue weighted by atomic mass is 16.5. The third kappa shape index (κ3) is 6.92. The first-order valence-electron chi connectivity index (χ1n) is 13.4. The van der Waals surface area contributed by atoms with Crippen molar-refractivity contribution in [1.29, 1.82) is 0 Å². The van der Waals surface area contributed by atoms with E-state index in [1.807, 2.05) is 24.3 Å². The van der Waals surface area contributed by atoms with Gasteiger partial charge in [-0.25, -0.2) is 0 Å². The summed E-state index contributed by atoms with van der Waals surface area (Å²) >= 11 is 0. The first-order valence-corrected chi connectivity index (χ1v) is 13.4. The molecule has 0 spiro atoms. The highest BCUT2D eigenvalue weighted by Gasteiger charge is 2.42. The second kappa shape index (κ2) is 11.6. The summed E-state index contributed by atoms with van der Waals surface area (Å²) in [6.07, 6.45) is 15.9. The molecule has 1 heterocycles. The number of ketones is 1. The Morgan fingerprint density at radius 3 is 2.21 bits per heavy atom. The first kappa shape index (κ1) is 25.9. The Balaban J connectivity index is 1.44. The Morgan fingerprint density at radius 2 is 1.55 bits per heavy atom. The van der Waals surface area contributed by atoms with E-state index in [4.69, 9.17) is 4.74 Å². The molecule has 0 radical (unpaired) electrons. The zero-order chi connectivity index (χ0) is 24.0. The van der Waals surface area contributed by atoms with Gasteiger partial charge in [-0.3, -0.25) is 4.79 Å². The molecule has 0 saturated heterocycles. The minimum Gasteiger partial charge on any atom is -0.362 e. The van der Waals surface area contributed by atoms with E-state index in [0.717, 1.165) is 35.3 Å². The van der Waals surface area contributed by atoms with E-state index >= 15 is 0 Å². The van der Waals surface area contributed by atoms with E-state index in [1.165, 1.54) is 51.4 Å². The minimum absolute atomic E-state index is 0.0399. The third-order valence-corrected chi connectivity index (χ3v) is 7.83. The molecule has 1 aliphatic heterocycles. The predicted molar refractivity (Wildman–Crippen MR) is 139 cm³/mol. The largest absolute Gasteiger partial charge is 0.362 e. The van der Waals surface area contributed by atoms with Gasteiger partial charge >= 0.3 is 0 Å². The second-order valence-electron chi connectivity index (χ2n) is 11.5. The average molecular weight is 451 g/mol. The van der Waals surface area contributed by atoms with Gasteiger partial charge in [0.2, 0.25) is 0 Å². The summed E-state index contributed by atoms with van der Waals surface area (Å²) in [7, 11) is 0. The summed E-state index contributed by atoms with van der Waals surface area (Å²) in [5, 5.41) is 0. The van der Waals surface area contributed by atoms with Gasteiger partial charge in [0.05, 0.1) is 11.7 Å². The van der Waals surface area contributed by atoms with Crippen LogP contribution in [0.5, 0.6) is 0 Å². The molecule has 0 saturated carbocycles. The van der Waals surface area contributed by atoms with Crippen LogP contribution in [0, 0.1) is 23.7 Å². The molecule has 0 fully saturated rings. The highest BCUT2D eigenvalue weighted by Crippen LogP contribution is 2.46. The van der Waals surface area contributed by atoms with E-state index in [-0.39, 0.29) is 23.4 Å². The van der Waals surface area contributed by atoms with E-state index in [1.54, 1.807) is 0 Å². The van der Waals surface area contributed by atoms with Gasteiger partial charge in [-0.1, -0.05) is 116 Å². The third-order valence-electron chi connectivity index (χ3n) is 7.83. The molecule has 1 aliphatic carbocycles. The zero-order valence-corrected chi connectivity index (χ0v) is 21.7. The second-order valence-corrected chi connectivity index (χ2v) is 11.5. The maximum atomic E-state index is 12.7. The highest BCUT2D eigenvalue weighted by molar-refractivity contribution is 6.11. The van der Waals surface area contributed by atoms with Crippen LogP contribution < -0.4 is 0 Å². The van der Waals surface area contributed by atoms with Crippen molar-refractivity contribution in [3.63, 3.8) is 0 Å². The molecule has 33 heavy (non-hydrogen) atoms. The molecule has 2 aliphatic rings. The van der Waals surface area contributed by atoms with Gasteiger partial charge in [-0.2, -0.15) is 0 Å². The van der Waals surface area contributed by atoms with Gasteiger partial charge in [0.25, 0.3) is 0 Å². The van der Waals surface area contributed by atoms with E-state index < -0.39 is 0 Å². The Bertz CT molecular complexity index is 835. The lowest BCUT2D eigenvalue weighted by atomic mass is 9.74. The number of hydrogen-bond acceptors (Lipinski definition) is 2. The number of ether oxygens (including phenoxy) is 1. The fraction of sp³-hybridized carbons (Fsp3) is 0.645. The minimum atomic E-state index is -0.278. The Kier molecular flexibility index (Phi) is 9.16. The molecule has 1 aromatic carbocycles. The first-order chi connectivity index (χ1) is 15.7. The molecule has 0 N–H and O–H groups in total. The van der Waals surface area contributed by atoms with Gasteiger partial charge in [0.15, 0.2) is 5.78 Å². The summed E-state index contributed by atoms with van der Waals surface area (Å²) in [6, 6.07) is 7.88. The quantitative estimate of drug-likeness (QED) is 0.235. The lowest BCUT2D eigenvalue weighted by Gasteiger charge is -2.42. The van der Waals surface area contributed by atoms with Crippen LogP contribution in [0.4, 0.5) is 0 Å². The summed E-state index contributed by atoms with van der Waals surface area (Å²) in [6.45, 7) is 15.8. The monoisotopic (exact) mass is 450 g/mol. The molecule has 3 unspecified atom stereocenters. The number of benzene rings is 1. The van der Waals surface area contributed by atoms with Crippen LogP contribution in [0.25, 0.3) is 0 Å². The van der Waals surface area contributed by atoms with E-state index in [9.17, 15) is 4.79 Å². The molecule has 0 aromatic heterocycles. The van der Waals surface area contributed by atoms with Crippen molar-refractivity contribution in [3.05, 3.63) is 59.7 Å². The van der Waals surface area contributed by atoms with Crippen LogP contribution in [0.2, 0.25) is 0 Å². The van der Waals surface area contributed by atoms with Crippen molar-refractivity contribution >= 4 is 5.78 Å². The van der Waals surface area contributed by atoms with Gasteiger partial charge < -0.3 is 4.74 Å². The van der Waals surface area contributed by atoms with Crippen LogP contribution >= 0.6 is 0 Å².